The Morgan fingerprint density at radius 3 is 2.12 bits per heavy atom. The van der Waals surface area contributed by atoms with Crippen LogP contribution in [-0.4, -0.2) is 49.7 Å². The first-order chi connectivity index (χ1) is 12.5. The number of carbonyl (C=O) groups excluding carboxylic acids is 2. The van der Waals surface area contributed by atoms with Gasteiger partial charge in [0.2, 0.25) is 0 Å². The maximum absolute atomic E-state index is 12.7. The summed E-state index contributed by atoms with van der Waals surface area (Å²) < 4.78 is 10.5. The number of ether oxygens (including phenoxy) is 2. The zero-order valence-electron chi connectivity index (χ0n) is 16.8. The Hall–Kier alpha value is -1.62. The number of nitrogens with zero attached hydrogens (tertiary/aromatic N) is 1. The number of hydrogen-bond acceptors (Lipinski definition) is 5. The second kappa shape index (κ2) is 11.2. The average molecular weight is 366 g/mol. The third-order valence-corrected chi connectivity index (χ3v) is 5.24. The molecule has 148 valence electrons. The molecule has 0 heterocycles. The Bertz CT molecular complexity index is 478. The first-order valence-electron chi connectivity index (χ1n) is 9.83. The van der Waals surface area contributed by atoms with E-state index in [1.807, 2.05) is 6.08 Å². The summed E-state index contributed by atoms with van der Waals surface area (Å²) in [5.74, 6) is -0.578. The van der Waals surface area contributed by atoms with E-state index < -0.39 is 17.4 Å². The summed E-state index contributed by atoms with van der Waals surface area (Å²) in [5.41, 5.74) is -1.19. The van der Waals surface area contributed by atoms with Gasteiger partial charge in [-0.05, 0) is 58.0 Å². The van der Waals surface area contributed by atoms with Crippen molar-refractivity contribution in [2.24, 2.45) is 17.3 Å². The van der Waals surface area contributed by atoms with Gasteiger partial charge in [0.15, 0.2) is 5.41 Å². The lowest BCUT2D eigenvalue weighted by molar-refractivity contribution is -0.172. The van der Waals surface area contributed by atoms with Gasteiger partial charge in [-0.2, -0.15) is 0 Å². The van der Waals surface area contributed by atoms with E-state index >= 15 is 0 Å². The summed E-state index contributed by atoms with van der Waals surface area (Å²) in [7, 11) is 0. The van der Waals surface area contributed by atoms with Crippen molar-refractivity contribution in [1.82, 2.24) is 4.90 Å². The van der Waals surface area contributed by atoms with Crippen LogP contribution >= 0.6 is 0 Å². The second-order valence-electron chi connectivity index (χ2n) is 6.79. The van der Waals surface area contributed by atoms with Gasteiger partial charge in [-0.25, -0.2) is 0 Å². The highest BCUT2D eigenvalue weighted by Gasteiger charge is 2.56. The summed E-state index contributed by atoms with van der Waals surface area (Å²) in [6, 6.07) is 0. The molecule has 0 saturated heterocycles. The van der Waals surface area contributed by atoms with Crippen molar-refractivity contribution < 1.29 is 19.1 Å². The maximum atomic E-state index is 12.7. The molecule has 1 saturated carbocycles. The predicted octanol–water partition coefficient (Wildman–Crippen LogP) is 3.60. The topological polar surface area (TPSA) is 55.8 Å². The van der Waals surface area contributed by atoms with Gasteiger partial charge in [-0.3, -0.25) is 9.59 Å². The highest BCUT2D eigenvalue weighted by molar-refractivity contribution is 6.00. The molecule has 0 spiro atoms. The predicted molar refractivity (Wildman–Crippen MR) is 104 cm³/mol. The molecule has 0 N–H and O–H groups in total. The van der Waals surface area contributed by atoms with Crippen LogP contribution in [0.5, 0.6) is 0 Å². The van der Waals surface area contributed by atoms with Crippen molar-refractivity contribution in [3.8, 4) is 0 Å². The molecule has 0 unspecified atom stereocenters. The van der Waals surface area contributed by atoms with Gasteiger partial charge in [0.1, 0.15) is 0 Å². The van der Waals surface area contributed by atoms with Gasteiger partial charge in [-0.15, -0.1) is 6.58 Å². The molecule has 1 aliphatic rings. The normalized spacial score (nSPS) is 21.9. The Morgan fingerprint density at radius 1 is 1.08 bits per heavy atom. The van der Waals surface area contributed by atoms with Crippen LogP contribution in [0.3, 0.4) is 0 Å². The van der Waals surface area contributed by atoms with Crippen LogP contribution in [-0.2, 0) is 19.1 Å². The maximum Gasteiger partial charge on any atom is 0.323 e. The van der Waals surface area contributed by atoms with Crippen LogP contribution in [0.25, 0.3) is 0 Å². The summed E-state index contributed by atoms with van der Waals surface area (Å²) >= 11 is 0. The Kier molecular flexibility index (Phi) is 9.63. The summed E-state index contributed by atoms with van der Waals surface area (Å²) in [5, 5.41) is 0. The highest BCUT2D eigenvalue weighted by Crippen LogP contribution is 2.49. The number of likely N-dealkylation sites (N-methyl/N-ethyl adjacent to an activating group) is 1. The van der Waals surface area contributed by atoms with E-state index in [-0.39, 0.29) is 25.0 Å². The molecule has 0 aromatic carbocycles. The second-order valence-corrected chi connectivity index (χ2v) is 6.79. The largest absolute Gasteiger partial charge is 0.465 e. The fourth-order valence-electron chi connectivity index (χ4n) is 3.77. The molecular weight excluding hydrogens is 330 g/mol. The fourth-order valence-corrected chi connectivity index (χ4v) is 3.77. The van der Waals surface area contributed by atoms with Crippen molar-refractivity contribution in [2.45, 2.75) is 47.0 Å². The zero-order chi connectivity index (χ0) is 19.6. The Balaban J connectivity index is 3.03. The van der Waals surface area contributed by atoms with Crippen LogP contribution in [0.2, 0.25) is 0 Å². The monoisotopic (exact) mass is 365 g/mol. The molecule has 5 heteroatoms. The molecule has 1 fully saturated rings. The highest BCUT2D eigenvalue weighted by atomic mass is 16.6. The van der Waals surface area contributed by atoms with Gasteiger partial charge in [-0.1, -0.05) is 32.1 Å². The number of carbonyl (C=O) groups is 2. The molecule has 5 nitrogen and oxygen atoms in total. The summed E-state index contributed by atoms with van der Waals surface area (Å²) in [6.45, 7) is 15.0. The van der Waals surface area contributed by atoms with Crippen molar-refractivity contribution in [2.75, 3.05) is 32.8 Å². The number of esters is 2. The molecule has 0 bridgehead atoms. The summed E-state index contributed by atoms with van der Waals surface area (Å²) in [4.78, 5) is 27.7. The first kappa shape index (κ1) is 22.4. The van der Waals surface area contributed by atoms with Gasteiger partial charge >= 0.3 is 11.9 Å². The number of rotatable bonds is 11. The first-order valence-corrected chi connectivity index (χ1v) is 9.83. The number of allylic oxidation sites excluding steroid dienone is 2. The molecule has 0 aliphatic heterocycles. The van der Waals surface area contributed by atoms with E-state index in [4.69, 9.17) is 9.47 Å². The summed E-state index contributed by atoms with van der Waals surface area (Å²) in [6.07, 6.45) is 7.84. The molecular formula is C21H35NO4. The molecule has 26 heavy (non-hydrogen) atoms. The van der Waals surface area contributed by atoms with E-state index in [1.54, 1.807) is 13.8 Å². The van der Waals surface area contributed by atoms with Crippen LogP contribution in [0.4, 0.5) is 0 Å². The zero-order valence-corrected chi connectivity index (χ0v) is 16.8. The van der Waals surface area contributed by atoms with Gasteiger partial charge in [0.25, 0.3) is 0 Å². The van der Waals surface area contributed by atoms with Gasteiger partial charge in [0.05, 0.1) is 13.2 Å². The van der Waals surface area contributed by atoms with Crippen LogP contribution in [0, 0.1) is 17.3 Å². The third-order valence-electron chi connectivity index (χ3n) is 5.24. The minimum Gasteiger partial charge on any atom is -0.465 e. The number of hydrogen-bond donors (Lipinski definition) is 0. The Morgan fingerprint density at radius 2 is 1.65 bits per heavy atom. The third kappa shape index (κ3) is 5.44. The lowest BCUT2D eigenvalue weighted by Gasteiger charge is -2.24. The van der Waals surface area contributed by atoms with Gasteiger partial charge < -0.3 is 14.4 Å². The molecule has 0 aromatic rings. The molecule has 2 atom stereocenters. The van der Waals surface area contributed by atoms with Crippen LogP contribution in [0.1, 0.15) is 47.0 Å². The van der Waals surface area contributed by atoms with Crippen molar-refractivity contribution in [3.63, 3.8) is 0 Å². The van der Waals surface area contributed by atoms with E-state index in [2.05, 4.69) is 37.5 Å². The standard InChI is InChI=1S/C21H35NO4/c1-6-12-17-15-21(19(23)25-9-4,20(24)26-10-5)16-18(17)13-11-14-22(7-2)8-3/h6,11,13,17-18H,1,7-10,12,14-16H2,2-5H3/b13-11+/t17-,18-/m1/s1. The van der Waals surface area contributed by atoms with Crippen LogP contribution < -0.4 is 0 Å². The van der Waals surface area contributed by atoms with Crippen molar-refractivity contribution >= 4 is 11.9 Å². The van der Waals surface area contributed by atoms with E-state index in [0.717, 1.165) is 26.1 Å². The quantitative estimate of drug-likeness (QED) is 0.318. The smallest absolute Gasteiger partial charge is 0.323 e. The lowest BCUT2D eigenvalue weighted by atomic mass is 9.84. The fraction of sp³-hybridized carbons (Fsp3) is 0.714. The molecule has 0 radical (unpaired) electrons. The molecule has 0 aromatic heterocycles. The SMILES string of the molecule is C=CC[C@@H]1CC(C(=O)OCC)(C(=O)OCC)C[C@H]1/C=C/CN(CC)CC. The minimum absolute atomic E-state index is 0.136. The lowest BCUT2D eigenvalue weighted by Crippen LogP contribution is -2.40. The average Bonchev–Trinajstić information content (AvgIpc) is 2.99. The van der Waals surface area contributed by atoms with Crippen LogP contribution in [0.15, 0.2) is 24.8 Å². The van der Waals surface area contributed by atoms with E-state index in [0.29, 0.717) is 12.8 Å². The minimum atomic E-state index is -1.19. The Labute approximate surface area is 158 Å². The van der Waals surface area contributed by atoms with E-state index in [9.17, 15) is 9.59 Å². The molecule has 0 amide bonds. The molecule has 1 aliphatic carbocycles. The van der Waals surface area contributed by atoms with Gasteiger partial charge in [0, 0.05) is 6.54 Å². The van der Waals surface area contributed by atoms with Crippen molar-refractivity contribution in [3.05, 3.63) is 24.8 Å². The van der Waals surface area contributed by atoms with E-state index in [1.165, 1.54) is 0 Å². The van der Waals surface area contributed by atoms with Crippen molar-refractivity contribution in [1.29, 1.82) is 0 Å². The molecule has 1 rings (SSSR count).